The molecule has 0 aromatic rings. The Balaban J connectivity index is 2.66. The minimum atomic E-state index is 0.309. The molecule has 1 aliphatic carbocycles. The second kappa shape index (κ2) is 3.70. The summed E-state index contributed by atoms with van der Waals surface area (Å²) in [6.07, 6.45) is 5.98. The van der Waals surface area contributed by atoms with Crippen LogP contribution in [-0.4, -0.2) is 5.78 Å². The quantitative estimate of drug-likeness (QED) is 0.545. The Bertz CT molecular complexity index is 242. The first-order chi connectivity index (χ1) is 5.59. The smallest absolute Gasteiger partial charge is 0.158 e. The Kier molecular flexibility index (Phi) is 2.85. The van der Waals surface area contributed by atoms with E-state index in [4.69, 9.17) is 0 Å². The molecule has 0 N–H and O–H groups in total. The fourth-order valence-electron chi connectivity index (χ4n) is 1.52. The van der Waals surface area contributed by atoms with Gasteiger partial charge in [0.2, 0.25) is 0 Å². The first-order valence-corrected chi connectivity index (χ1v) is 4.44. The van der Waals surface area contributed by atoms with Crippen molar-refractivity contribution in [3.8, 4) is 0 Å². The molecule has 1 rings (SSSR count). The third-order valence-corrected chi connectivity index (χ3v) is 2.18. The zero-order valence-corrected chi connectivity index (χ0v) is 8.05. The number of hydrogen-bond donors (Lipinski definition) is 0. The van der Waals surface area contributed by atoms with E-state index in [2.05, 4.69) is 26.0 Å². The van der Waals surface area contributed by atoms with Crippen LogP contribution in [-0.2, 0) is 4.79 Å². The molecule has 1 nitrogen and oxygen atoms in total. The third-order valence-electron chi connectivity index (χ3n) is 2.18. The minimum Gasteiger partial charge on any atom is -0.295 e. The van der Waals surface area contributed by atoms with E-state index in [-0.39, 0.29) is 0 Å². The molecule has 0 saturated heterocycles. The molecule has 0 aromatic heterocycles. The summed E-state index contributed by atoms with van der Waals surface area (Å²) in [5, 5.41) is 0. The lowest BCUT2D eigenvalue weighted by Gasteiger charge is -2.16. The van der Waals surface area contributed by atoms with Crippen LogP contribution < -0.4 is 0 Å². The molecule has 1 aliphatic rings. The highest BCUT2D eigenvalue weighted by Crippen LogP contribution is 2.22. The zero-order valence-electron chi connectivity index (χ0n) is 8.05. The predicted octanol–water partition coefficient (Wildman–Crippen LogP) is 2.88. The van der Waals surface area contributed by atoms with Crippen molar-refractivity contribution < 1.29 is 4.79 Å². The van der Waals surface area contributed by atoms with Crippen LogP contribution in [0.15, 0.2) is 23.3 Å². The van der Waals surface area contributed by atoms with Crippen LogP contribution in [0.2, 0.25) is 0 Å². The Morgan fingerprint density at radius 2 is 2.25 bits per heavy atom. The lowest BCUT2D eigenvalue weighted by atomic mass is 9.88. The number of carbonyl (C=O) groups excluding carboxylic acids is 1. The molecule has 0 saturated carbocycles. The van der Waals surface area contributed by atoms with Crippen molar-refractivity contribution in [1.82, 2.24) is 0 Å². The maximum absolute atomic E-state index is 11.3. The van der Waals surface area contributed by atoms with Gasteiger partial charge in [0.15, 0.2) is 5.78 Å². The van der Waals surface area contributed by atoms with Gasteiger partial charge in [-0.25, -0.2) is 0 Å². The van der Waals surface area contributed by atoms with Gasteiger partial charge >= 0.3 is 0 Å². The summed E-state index contributed by atoms with van der Waals surface area (Å²) >= 11 is 0. The van der Waals surface area contributed by atoms with Gasteiger partial charge in [-0.05, 0) is 38.7 Å². The highest BCUT2D eigenvalue weighted by Gasteiger charge is 2.16. The van der Waals surface area contributed by atoms with E-state index in [1.54, 1.807) is 0 Å². The lowest BCUT2D eigenvalue weighted by Crippen LogP contribution is -2.12. The highest BCUT2D eigenvalue weighted by atomic mass is 16.1. The second-order valence-corrected chi connectivity index (χ2v) is 3.75. The summed E-state index contributed by atoms with van der Waals surface area (Å²) in [6.45, 7) is 6.06. The van der Waals surface area contributed by atoms with Crippen molar-refractivity contribution in [3.63, 3.8) is 0 Å². The van der Waals surface area contributed by atoms with Crippen LogP contribution in [0.5, 0.6) is 0 Å². The van der Waals surface area contributed by atoms with Gasteiger partial charge in [-0.3, -0.25) is 4.79 Å². The Hall–Kier alpha value is -0.850. The van der Waals surface area contributed by atoms with Crippen LogP contribution in [0, 0.1) is 5.92 Å². The number of carbonyl (C=O) groups is 1. The first kappa shape index (κ1) is 9.24. The summed E-state index contributed by atoms with van der Waals surface area (Å²) in [5.74, 6) is 0.759. The van der Waals surface area contributed by atoms with E-state index in [0.29, 0.717) is 18.1 Å². The summed E-state index contributed by atoms with van der Waals surface area (Å²) in [4.78, 5) is 11.3. The number of rotatable bonds is 1. The van der Waals surface area contributed by atoms with Crippen molar-refractivity contribution in [3.05, 3.63) is 23.3 Å². The Labute approximate surface area is 74.2 Å². The maximum atomic E-state index is 11.3. The van der Waals surface area contributed by atoms with Crippen molar-refractivity contribution in [2.75, 3.05) is 0 Å². The molecule has 0 aliphatic heterocycles. The molecule has 0 heterocycles. The lowest BCUT2D eigenvalue weighted by molar-refractivity contribution is -0.116. The van der Waals surface area contributed by atoms with E-state index >= 15 is 0 Å². The van der Waals surface area contributed by atoms with Gasteiger partial charge in [0, 0.05) is 6.42 Å². The molecule has 1 unspecified atom stereocenters. The van der Waals surface area contributed by atoms with Gasteiger partial charge in [0.25, 0.3) is 0 Å². The van der Waals surface area contributed by atoms with Crippen molar-refractivity contribution in [1.29, 1.82) is 0 Å². The van der Waals surface area contributed by atoms with Gasteiger partial charge in [0.1, 0.15) is 0 Å². The number of hydrogen-bond acceptors (Lipinski definition) is 1. The molecular weight excluding hydrogens is 148 g/mol. The molecule has 12 heavy (non-hydrogen) atoms. The predicted molar refractivity (Wildman–Crippen MR) is 50.9 cm³/mol. The number of ketones is 1. The number of Topliss-reactive ketones (excluding diaryl/α,β-unsaturated/α-hetero) is 1. The summed E-state index contributed by atoms with van der Waals surface area (Å²) in [5.41, 5.74) is 2.24. The van der Waals surface area contributed by atoms with Crippen LogP contribution in [0.3, 0.4) is 0 Å². The topological polar surface area (TPSA) is 17.1 Å². The monoisotopic (exact) mass is 164 g/mol. The molecule has 1 heteroatoms. The van der Waals surface area contributed by atoms with Crippen molar-refractivity contribution in [2.24, 2.45) is 5.92 Å². The summed E-state index contributed by atoms with van der Waals surface area (Å²) < 4.78 is 0. The summed E-state index contributed by atoms with van der Waals surface area (Å²) in [7, 11) is 0. The molecule has 0 radical (unpaired) electrons. The largest absolute Gasteiger partial charge is 0.295 e. The molecule has 0 bridgehead atoms. The number of allylic oxidation sites excluding steroid dienone is 4. The standard InChI is InChI=1S/C11H16O/c1-8(2)6-10-5-4-9(3)11(12)7-10/h4,6,10H,5,7H2,1-3H3. The normalized spacial score (nSPS) is 23.4. The SMILES string of the molecule is CC(C)=CC1CC=C(C)C(=O)C1. The van der Waals surface area contributed by atoms with Gasteiger partial charge < -0.3 is 0 Å². The Morgan fingerprint density at radius 3 is 2.75 bits per heavy atom. The van der Waals surface area contributed by atoms with Crippen LogP contribution in [0.25, 0.3) is 0 Å². The minimum absolute atomic E-state index is 0.309. The van der Waals surface area contributed by atoms with E-state index in [0.717, 1.165) is 12.0 Å². The van der Waals surface area contributed by atoms with Crippen LogP contribution in [0.1, 0.15) is 33.6 Å². The van der Waals surface area contributed by atoms with E-state index in [9.17, 15) is 4.79 Å². The highest BCUT2D eigenvalue weighted by molar-refractivity contribution is 5.95. The molecule has 0 amide bonds. The van der Waals surface area contributed by atoms with Crippen LogP contribution in [0.4, 0.5) is 0 Å². The molecule has 0 fully saturated rings. The molecule has 0 spiro atoms. The third kappa shape index (κ3) is 2.33. The van der Waals surface area contributed by atoms with Crippen molar-refractivity contribution >= 4 is 5.78 Å². The Morgan fingerprint density at radius 1 is 1.58 bits per heavy atom. The van der Waals surface area contributed by atoms with Crippen LogP contribution >= 0.6 is 0 Å². The maximum Gasteiger partial charge on any atom is 0.158 e. The van der Waals surface area contributed by atoms with E-state index < -0.39 is 0 Å². The first-order valence-electron chi connectivity index (χ1n) is 4.44. The van der Waals surface area contributed by atoms with Gasteiger partial charge in [-0.1, -0.05) is 17.7 Å². The fraction of sp³-hybridized carbons (Fsp3) is 0.545. The molecule has 66 valence electrons. The molecule has 0 aromatic carbocycles. The van der Waals surface area contributed by atoms with E-state index in [1.165, 1.54) is 5.57 Å². The second-order valence-electron chi connectivity index (χ2n) is 3.75. The zero-order chi connectivity index (χ0) is 9.14. The fourth-order valence-corrected chi connectivity index (χ4v) is 1.52. The van der Waals surface area contributed by atoms with Crippen molar-refractivity contribution in [2.45, 2.75) is 33.6 Å². The van der Waals surface area contributed by atoms with E-state index in [1.807, 2.05) is 6.92 Å². The molecule has 1 atom stereocenters. The van der Waals surface area contributed by atoms with Gasteiger partial charge in [-0.15, -0.1) is 0 Å². The average Bonchev–Trinajstić information content (AvgIpc) is 1.96. The average molecular weight is 164 g/mol. The van der Waals surface area contributed by atoms with Gasteiger partial charge in [0.05, 0.1) is 0 Å². The molecular formula is C11H16O. The van der Waals surface area contributed by atoms with Gasteiger partial charge in [-0.2, -0.15) is 0 Å². The summed E-state index contributed by atoms with van der Waals surface area (Å²) in [6, 6.07) is 0.